The van der Waals surface area contributed by atoms with E-state index in [-0.39, 0.29) is 0 Å². The lowest BCUT2D eigenvalue weighted by Gasteiger charge is -2.37. The number of thiophene rings is 1. The van der Waals surface area contributed by atoms with Gasteiger partial charge >= 0.3 is 0 Å². The average molecular weight is 389 g/mol. The van der Waals surface area contributed by atoms with Gasteiger partial charge in [-0.2, -0.15) is 4.98 Å². The molecule has 26 heavy (non-hydrogen) atoms. The van der Waals surface area contributed by atoms with Gasteiger partial charge in [0.25, 0.3) is 0 Å². The first kappa shape index (κ1) is 17.7. The van der Waals surface area contributed by atoms with E-state index in [1.165, 1.54) is 5.56 Å². The highest BCUT2D eigenvalue weighted by atomic mass is 35.5. The van der Waals surface area contributed by atoms with Crippen molar-refractivity contribution in [3.8, 4) is 10.7 Å². The molecule has 1 aromatic carbocycles. The number of hydrogen-bond donors (Lipinski definition) is 0. The third-order valence-corrected chi connectivity index (χ3v) is 6.09. The van der Waals surface area contributed by atoms with Crippen molar-refractivity contribution in [2.24, 2.45) is 0 Å². The Balaban J connectivity index is 1.33. The van der Waals surface area contributed by atoms with Crippen LogP contribution in [0.1, 0.15) is 24.4 Å². The molecule has 1 unspecified atom stereocenters. The zero-order chi connectivity index (χ0) is 17.9. The topological polar surface area (TPSA) is 45.4 Å². The average Bonchev–Trinajstić information content (AvgIpc) is 3.34. The maximum atomic E-state index is 6.36. The smallest absolute Gasteiger partial charge is 0.241 e. The first-order chi connectivity index (χ1) is 12.7. The first-order valence-corrected chi connectivity index (χ1v) is 10.0. The van der Waals surface area contributed by atoms with Crippen molar-refractivity contribution >= 4 is 22.9 Å². The molecule has 5 nitrogen and oxygen atoms in total. The van der Waals surface area contributed by atoms with Crippen molar-refractivity contribution in [2.45, 2.75) is 19.5 Å². The molecule has 7 heteroatoms. The van der Waals surface area contributed by atoms with E-state index in [2.05, 4.69) is 39.0 Å². The highest BCUT2D eigenvalue weighted by Gasteiger charge is 2.24. The Morgan fingerprint density at radius 2 is 1.96 bits per heavy atom. The number of piperazine rings is 1. The number of nitrogens with zero attached hydrogens (tertiary/aromatic N) is 4. The van der Waals surface area contributed by atoms with Crippen molar-refractivity contribution in [1.82, 2.24) is 19.9 Å². The van der Waals surface area contributed by atoms with Crippen LogP contribution in [0.2, 0.25) is 5.02 Å². The summed E-state index contributed by atoms with van der Waals surface area (Å²) in [6, 6.07) is 12.4. The van der Waals surface area contributed by atoms with Gasteiger partial charge in [-0.1, -0.05) is 41.0 Å². The van der Waals surface area contributed by atoms with Crippen LogP contribution in [-0.2, 0) is 6.54 Å². The molecular formula is C19H21ClN4OS. The molecule has 1 saturated heterocycles. The molecule has 3 heterocycles. The molecule has 2 aromatic heterocycles. The molecule has 0 spiro atoms. The van der Waals surface area contributed by atoms with Crippen molar-refractivity contribution in [2.75, 3.05) is 26.2 Å². The summed E-state index contributed by atoms with van der Waals surface area (Å²) in [6.45, 7) is 6.88. The lowest BCUT2D eigenvalue weighted by Crippen LogP contribution is -2.46. The molecule has 1 atom stereocenters. The lowest BCUT2D eigenvalue weighted by atomic mass is 10.1. The Morgan fingerprint density at radius 1 is 1.15 bits per heavy atom. The normalized spacial score (nSPS) is 17.5. The molecule has 0 radical (unpaired) electrons. The summed E-state index contributed by atoms with van der Waals surface area (Å²) in [5.41, 5.74) is 1.19. The van der Waals surface area contributed by atoms with E-state index in [0.29, 0.717) is 24.3 Å². The van der Waals surface area contributed by atoms with Crippen LogP contribution in [-0.4, -0.2) is 46.1 Å². The molecule has 3 aromatic rings. The standard InChI is InChI=1S/C19H21ClN4OS/c1-14(15-5-2-3-6-16(15)20)24-10-8-23(9-11-24)13-18-21-19(22-25-18)17-7-4-12-26-17/h2-7,12,14H,8-11,13H2,1H3. The summed E-state index contributed by atoms with van der Waals surface area (Å²) in [5.74, 6) is 1.36. The number of rotatable bonds is 5. The van der Waals surface area contributed by atoms with Gasteiger partial charge in [0.1, 0.15) is 0 Å². The highest BCUT2D eigenvalue weighted by molar-refractivity contribution is 7.13. The predicted molar refractivity (Wildman–Crippen MR) is 104 cm³/mol. The van der Waals surface area contributed by atoms with Gasteiger partial charge in [-0.3, -0.25) is 9.80 Å². The molecule has 1 aliphatic heterocycles. The second kappa shape index (κ2) is 7.88. The maximum absolute atomic E-state index is 6.36. The second-order valence-corrected chi connectivity index (χ2v) is 7.85. The molecule has 0 N–H and O–H groups in total. The largest absolute Gasteiger partial charge is 0.338 e. The fraction of sp³-hybridized carbons (Fsp3) is 0.368. The van der Waals surface area contributed by atoms with E-state index in [1.807, 2.05) is 29.6 Å². The van der Waals surface area contributed by atoms with Crippen LogP contribution in [0.25, 0.3) is 10.7 Å². The number of benzene rings is 1. The molecule has 1 aliphatic rings. The zero-order valence-corrected chi connectivity index (χ0v) is 16.2. The van der Waals surface area contributed by atoms with E-state index in [4.69, 9.17) is 16.1 Å². The zero-order valence-electron chi connectivity index (χ0n) is 14.6. The molecule has 136 valence electrons. The molecular weight excluding hydrogens is 368 g/mol. The van der Waals surface area contributed by atoms with Crippen LogP contribution in [0, 0.1) is 0 Å². The first-order valence-electron chi connectivity index (χ1n) is 8.78. The monoisotopic (exact) mass is 388 g/mol. The minimum Gasteiger partial charge on any atom is -0.338 e. The number of halogens is 1. The van der Waals surface area contributed by atoms with Crippen LogP contribution < -0.4 is 0 Å². The van der Waals surface area contributed by atoms with Crippen molar-refractivity contribution in [3.63, 3.8) is 0 Å². The van der Waals surface area contributed by atoms with Crippen LogP contribution >= 0.6 is 22.9 Å². The summed E-state index contributed by atoms with van der Waals surface area (Å²) in [5, 5.41) is 6.95. The lowest BCUT2D eigenvalue weighted by molar-refractivity contribution is 0.0905. The van der Waals surface area contributed by atoms with Gasteiger partial charge in [0, 0.05) is 37.2 Å². The quantitative estimate of drug-likeness (QED) is 0.651. The Morgan fingerprint density at radius 3 is 2.69 bits per heavy atom. The van der Waals surface area contributed by atoms with E-state index in [0.717, 1.165) is 36.1 Å². The number of hydrogen-bond acceptors (Lipinski definition) is 6. The van der Waals surface area contributed by atoms with E-state index < -0.39 is 0 Å². The number of aromatic nitrogens is 2. The second-order valence-electron chi connectivity index (χ2n) is 6.50. The van der Waals surface area contributed by atoms with Gasteiger partial charge in [0.15, 0.2) is 0 Å². The predicted octanol–water partition coefficient (Wildman–Crippen LogP) is 4.33. The molecule has 0 amide bonds. The van der Waals surface area contributed by atoms with Crippen LogP contribution in [0.15, 0.2) is 46.3 Å². The van der Waals surface area contributed by atoms with E-state index in [1.54, 1.807) is 11.3 Å². The van der Waals surface area contributed by atoms with E-state index >= 15 is 0 Å². The molecule has 4 rings (SSSR count). The Hall–Kier alpha value is -1.73. The third-order valence-electron chi connectivity index (χ3n) is 4.88. The van der Waals surface area contributed by atoms with Crippen LogP contribution in [0.3, 0.4) is 0 Å². The summed E-state index contributed by atoms with van der Waals surface area (Å²) in [7, 11) is 0. The van der Waals surface area contributed by atoms with Gasteiger partial charge < -0.3 is 4.52 Å². The summed E-state index contributed by atoms with van der Waals surface area (Å²) < 4.78 is 5.42. The summed E-state index contributed by atoms with van der Waals surface area (Å²) >= 11 is 7.98. The minimum absolute atomic E-state index is 0.319. The van der Waals surface area contributed by atoms with Gasteiger partial charge in [0.05, 0.1) is 11.4 Å². The molecule has 1 fully saturated rings. The van der Waals surface area contributed by atoms with E-state index in [9.17, 15) is 0 Å². The Bertz CT molecular complexity index is 843. The van der Waals surface area contributed by atoms with Crippen LogP contribution in [0.4, 0.5) is 0 Å². The Kier molecular flexibility index (Phi) is 5.36. The highest BCUT2D eigenvalue weighted by Crippen LogP contribution is 2.28. The van der Waals surface area contributed by atoms with Gasteiger partial charge in [-0.25, -0.2) is 0 Å². The van der Waals surface area contributed by atoms with Gasteiger partial charge in [-0.05, 0) is 30.0 Å². The maximum Gasteiger partial charge on any atom is 0.241 e. The fourth-order valence-electron chi connectivity index (χ4n) is 3.34. The summed E-state index contributed by atoms with van der Waals surface area (Å²) in [6.07, 6.45) is 0. The van der Waals surface area contributed by atoms with Crippen molar-refractivity contribution in [3.05, 3.63) is 58.3 Å². The third kappa shape index (κ3) is 3.83. The Labute approximate surface area is 162 Å². The molecule has 0 bridgehead atoms. The van der Waals surface area contributed by atoms with Crippen LogP contribution in [0.5, 0.6) is 0 Å². The van der Waals surface area contributed by atoms with Crippen molar-refractivity contribution in [1.29, 1.82) is 0 Å². The molecule has 0 saturated carbocycles. The fourth-order valence-corrected chi connectivity index (χ4v) is 4.28. The molecule has 0 aliphatic carbocycles. The summed E-state index contributed by atoms with van der Waals surface area (Å²) in [4.78, 5) is 10.4. The van der Waals surface area contributed by atoms with Gasteiger partial charge in [-0.15, -0.1) is 11.3 Å². The SMILES string of the molecule is CC(c1ccccc1Cl)N1CCN(Cc2nc(-c3cccs3)no2)CC1. The van der Waals surface area contributed by atoms with Crippen molar-refractivity contribution < 1.29 is 4.52 Å². The minimum atomic E-state index is 0.319. The van der Waals surface area contributed by atoms with Gasteiger partial charge in [0.2, 0.25) is 11.7 Å².